The minimum atomic E-state index is -0.918. The first kappa shape index (κ1) is 22.6. The topological polar surface area (TPSA) is 76.5 Å². The molecule has 166 valence electrons. The van der Waals surface area contributed by atoms with Crippen LogP contribution in [0.3, 0.4) is 0 Å². The molecular formula is C24H32N4O3. The Kier molecular flexibility index (Phi) is 7.87. The van der Waals surface area contributed by atoms with Gasteiger partial charge in [-0.15, -0.1) is 0 Å². The third kappa shape index (κ3) is 6.44. The van der Waals surface area contributed by atoms with Crippen molar-refractivity contribution in [2.24, 2.45) is 0 Å². The lowest BCUT2D eigenvalue weighted by Gasteiger charge is -2.22. The number of nitrogens with zero attached hydrogens (tertiary/aromatic N) is 3. The summed E-state index contributed by atoms with van der Waals surface area (Å²) in [5.74, 6) is -0.384. The number of esters is 1. The number of rotatable bonds is 7. The van der Waals surface area contributed by atoms with Crippen molar-refractivity contribution in [1.29, 1.82) is 0 Å². The summed E-state index contributed by atoms with van der Waals surface area (Å²) in [7, 11) is 0. The number of hydrogen-bond acceptors (Lipinski definition) is 5. The molecule has 1 aliphatic heterocycles. The highest BCUT2D eigenvalue weighted by atomic mass is 16.5. The standard InChI is InChI=1S/C24H32N4O3/c1-18(2)28-22(14-15-25-28)26-24(30)19(3)31-23(29)13-10-20-8-11-21(12-9-20)27-16-6-4-5-7-17-27/h8-15,18-19H,4-7,16-17H2,1-3H3,(H,26,30)/b13-10+/t19-/m1/s1. The number of ether oxygens (including phenoxy) is 1. The quantitative estimate of drug-likeness (QED) is 0.526. The molecule has 7 heteroatoms. The van der Waals surface area contributed by atoms with Crippen LogP contribution in [0.4, 0.5) is 11.5 Å². The fourth-order valence-electron chi connectivity index (χ4n) is 3.61. The largest absolute Gasteiger partial charge is 0.449 e. The lowest BCUT2D eigenvalue weighted by Crippen LogP contribution is -2.30. The first-order valence-corrected chi connectivity index (χ1v) is 11.0. The van der Waals surface area contributed by atoms with Gasteiger partial charge in [-0.1, -0.05) is 25.0 Å². The van der Waals surface area contributed by atoms with Gasteiger partial charge >= 0.3 is 5.97 Å². The molecule has 1 amide bonds. The van der Waals surface area contributed by atoms with E-state index in [1.165, 1.54) is 37.4 Å². The molecule has 7 nitrogen and oxygen atoms in total. The van der Waals surface area contributed by atoms with Crippen LogP contribution in [0, 0.1) is 0 Å². The van der Waals surface area contributed by atoms with E-state index in [4.69, 9.17) is 4.74 Å². The molecule has 1 fully saturated rings. The Bertz CT molecular complexity index is 894. The predicted molar refractivity (Wildman–Crippen MR) is 123 cm³/mol. The van der Waals surface area contributed by atoms with Crippen LogP contribution in [0.2, 0.25) is 0 Å². The molecule has 1 N–H and O–H groups in total. The molecule has 0 aliphatic carbocycles. The lowest BCUT2D eigenvalue weighted by atomic mass is 10.1. The van der Waals surface area contributed by atoms with Crippen LogP contribution in [-0.2, 0) is 14.3 Å². The number of benzene rings is 1. The summed E-state index contributed by atoms with van der Waals surface area (Å²) < 4.78 is 6.94. The molecule has 0 unspecified atom stereocenters. The molecule has 3 rings (SSSR count). The van der Waals surface area contributed by atoms with E-state index in [0.29, 0.717) is 5.82 Å². The zero-order chi connectivity index (χ0) is 22.2. The Morgan fingerprint density at radius 2 is 1.71 bits per heavy atom. The molecule has 1 saturated heterocycles. The highest BCUT2D eigenvalue weighted by molar-refractivity contribution is 5.96. The van der Waals surface area contributed by atoms with Gasteiger partial charge in [-0.25, -0.2) is 9.48 Å². The monoisotopic (exact) mass is 424 g/mol. The molecule has 1 aromatic carbocycles. The van der Waals surface area contributed by atoms with Crippen LogP contribution in [-0.4, -0.2) is 40.9 Å². The maximum atomic E-state index is 12.3. The Balaban J connectivity index is 1.51. The Labute approximate surface area is 184 Å². The van der Waals surface area contributed by atoms with Crippen molar-refractivity contribution < 1.29 is 14.3 Å². The number of carbonyl (C=O) groups is 2. The van der Waals surface area contributed by atoms with Crippen LogP contribution in [0.1, 0.15) is 58.1 Å². The van der Waals surface area contributed by atoms with Crippen molar-refractivity contribution in [2.75, 3.05) is 23.3 Å². The maximum Gasteiger partial charge on any atom is 0.331 e. The Morgan fingerprint density at radius 1 is 1.03 bits per heavy atom. The number of aromatic nitrogens is 2. The molecule has 31 heavy (non-hydrogen) atoms. The molecule has 1 aliphatic rings. The van der Waals surface area contributed by atoms with Crippen molar-refractivity contribution in [3.8, 4) is 0 Å². The molecule has 2 heterocycles. The van der Waals surface area contributed by atoms with Crippen molar-refractivity contribution in [1.82, 2.24) is 9.78 Å². The first-order chi connectivity index (χ1) is 14.9. The minimum Gasteiger partial charge on any atom is -0.449 e. The van der Waals surface area contributed by atoms with E-state index >= 15 is 0 Å². The highest BCUT2D eigenvalue weighted by Gasteiger charge is 2.19. The average molecular weight is 425 g/mol. The van der Waals surface area contributed by atoms with Crippen LogP contribution < -0.4 is 10.2 Å². The van der Waals surface area contributed by atoms with E-state index in [9.17, 15) is 9.59 Å². The van der Waals surface area contributed by atoms with Gasteiger partial charge in [0.15, 0.2) is 6.10 Å². The van der Waals surface area contributed by atoms with Crippen LogP contribution in [0.15, 0.2) is 42.6 Å². The van der Waals surface area contributed by atoms with E-state index in [0.717, 1.165) is 18.7 Å². The minimum absolute atomic E-state index is 0.108. The van der Waals surface area contributed by atoms with Gasteiger partial charge in [-0.05, 0) is 57.4 Å². The van der Waals surface area contributed by atoms with Gasteiger partial charge in [-0.3, -0.25) is 4.79 Å². The van der Waals surface area contributed by atoms with Gasteiger partial charge in [0.1, 0.15) is 5.82 Å². The number of carbonyl (C=O) groups excluding carboxylic acids is 2. The second-order valence-electron chi connectivity index (χ2n) is 8.15. The average Bonchev–Trinajstić information content (AvgIpc) is 3.05. The molecule has 2 aromatic rings. The Hall–Kier alpha value is -3.09. The molecule has 0 bridgehead atoms. The van der Waals surface area contributed by atoms with Crippen LogP contribution >= 0.6 is 0 Å². The predicted octanol–water partition coefficient (Wildman–Crippen LogP) is 4.43. The molecule has 0 radical (unpaired) electrons. The van der Waals surface area contributed by atoms with E-state index in [1.54, 1.807) is 29.9 Å². The fourth-order valence-corrected chi connectivity index (χ4v) is 3.61. The SMILES string of the molecule is CC(C)n1nccc1NC(=O)[C@@H](C)OC(=O)/C=C/c1ccc(N2CCCCCC2)cc1. The summed E-state index contributed by atoms with van der Waals surface area (Å²) >= 11 is 0. The third-order valence-corrected chi connectivity index (χ3v) is 5.35. The molecule has 0 spiro atoms. The molecular weight excluding hydrogens is 392 g/mol. The summed E-state index contributed by atoms with van der Waals surface area (Å²) in [6.45, 7) is 7.68. The van der Waals surface area contributed by atoms with E-state index in [1.807, 2.05) is 26.0 Å². The number of nitrogens with one attached hydrogen (secondary N) is 1. The van der Waals surface area contributed by atoms with Crippen molar-refractivity contribution in [2.45, 2.75) is 58.6 Å². The fraction of sp³-hybridized carbons (Fsp3) is 0.458. The normalized spacial score (nSPS) is 15.7. The zero-order valence-corrected chi connectivity index (χ0v) is 18.6. The summed E-state index contributed by atoms with van der Waals surface area (Å²) in [4.78, 5) is 26.9. The maximum absolute atomic E-state index is 12.3. The number of amides is 1. The lowest BCUT2D eigenvalue weighted by molar-refractivity contribution is -0.148. The third-order valence-electron chi connectivity index (χ3n) is 5.35. The molecule has 1 aromatic heterocycles. The molecule has 0 saturated carbocycles. The van der Waals surface area contributed by atoms with E-state index in [2.05, 4.69) is 27.4 Å². The Morgan fingerprint density at radius 3 is 2.35 bits per heavy atom. The zero-order valence-electron chi connectivity index (χ0n) is 18.6. The van der Waals surface area contributed by atoms with Crippen LogP contribution in [0.25, 0.3) is 6.08 Å². The number of hydrogen-bond donors (Lipinski definition) is 1. The van der Waals surface area contributed by atoms with E-state index < -0.39 is 18.0 Å². The first-order valence-electron chi connectivity index (χ1n) is 11.0. The van der Waals surface area contributed by atoms with Crippen molar-refractivity contribution in [3.05, 3.63) is 48.2 Å². The van der Waals surface area contributed by atoms with Gasteiger partial charge in [0.2, 0.25) is 0 Å². The van der Waals surface area contributed by atoms with Gasteiger partial charge in [0.05, 0.1) is 6.20 Å². The summed E-state index contributed by atoms with van der Waals surface area (Å²) in [5, 5.41) is 6.92. The second kappa shape index (κ2) is 10.8. The van der Waals surface area contributed by atoms with Gasteiger partial charge in [0.25, 0.3) is 5.91 Å². The summed E-state index contributed by atoms with van der Waals surface area (Å²) in [6, 6.07) is 9.98. The van der Waals surface area contributed by atoms with Gasteiger partial charge in [-0.2, -0.15) is 5.10 Å². The molecule has 1 atom stereocenters. The van der Waals surface area contributed by atoms with Gasteiger partial charge < -0.3 is 15.0 Å². The van der Waals surface area contributed by atoms with Crippen molar-refractivity contribution in [3.63, 3.8) is 0 Å². The van der Waals surface area contributed by atoms with Crippen molar-refractivity contribution >= 4 is 29.5 Å². The highest BCUT2D eigenvalue weighted by Crippen LogP contribution is 2.20. The summed E-state index contributed by atoms with van der Waals surface area (Å²) in [6.07, 6.45) is 8.83. The van der Waals surface area contributed by atoms with Gasteiger partial charge in [0, 0.05) is 37.0 Å². The second-order valence-corrected chi connectivity index (χ2v) is 8.15. The smallest absolute Gasteiger partial charge is 0.331 e. The number of anilines is 2. The van der Waals surface area contributed by atoms with E-state index in [-0.39, 0.29) is 6.04 Å². The van der Waals surface area contributed by atoms with Crippen LogP contribution in [0.5, 0.6) is 0 Å². The summed E-state index contributed by atoms with van der Waals surface area (Å²) in [5.41, 5.74) is 2.13.